The first-order chi connectivity index (χ1) is 11.8. The van der Waals surface area contributed by atoms with Crippen LogP contribution in [0.3, 0.4) is 0 Å². The molecule has 0 aliphatic rings. The van der Waals surface area contributed by atoms with Crippen LogP contribution >= 0.6 is 15.9 Å². The first kappa shape index (κ1) is 17.0. The van der Waals surface area contributed by atoms with Crippen molar-refractivity contribution in [2.24, 2.45) is 0 Å². The third-order valence-electron chi connectivity index (χ3n) is 3.97. The number of unbranched alkanes of at least 4 members (excludes halogenated alkanes) is 4. The van der Waals surface area contributed by atoms with Crippen LogP contribution in [0.2, 0.25) is 0 Å². The van der Waals surface area contributed by atoms with Gasteiger partial charge >= 0.3 is 0 Å². The second-order valence-electron chi connectivity index (χ2n) is 5.75. The largest absolute Gasteiger partial charge is 0.493 e. The third-order valence-corrected chi connectivity index (χ3v) is 4.53. The Morgan fingerprint density at radius 1 is 1.04 bits per heavy atom. The molecule has 3 rings (SSSR count). The third kappa shape index (κ3) is 3.96. The number of hydrogen-bond acceptors (Lipinski definition) is 4. The number of pyridine rings is 1. The number of aromatic nitrogens is 1. The fourth-order valence-electron chi connectivity index (χ4n) is 2.68. The van der Waals surface area contributed by atoms with Gasteiger partial charge in [-0.15, -0.1) is 0 Å². The molecule has 5 heteroatoms. The maximum Gasteiger partial charge on any atom is 0.230 e. The van der Waals surface area contributed by atoms with E-state index in [9.17, 15) is 4.79 Å². The molecule has 4 nitrogen and oxygen atoms in total. The molecule has 0 radical (unpaired) electrons. The van der Waals surface area contributed by atoms with E-state index < -0.39 is 0 Å². The van der Waals surface area contributed by atoms with Gasteiger partial charge in [-0.1, -0.05) is 35.2 Å². The summed E-state index contributed by atoms with van der Waals surface area (Å²) in [7, 11) is 0. The van der Waals surface area contributed by atoms with E-state index in [4.69, 9.17) is 9.15 Å². The van der Waals surface area contributed by atoms with Crippen LogP contribution in [0.1, 0.15) is 32.1 Å². The van der Waals surface area contributed by atoms with Gasteiger partial charge in [0.05, 0.1) is 17.4 Å². The molecular weight excluding hydrogens is 370 g/mol. The van der Waals surface area contributed by atoms with Crippen molar-refractivity contribution >= 4 is 38.0 Å². The van der Waals surface area contributed by atoms with Gasteiger partial charge in [-0.05, 0) is 37.1 Å². The second kappa shape index (κ2) is 8.29. The Hall–Kier alpha value is -1.88. The number of fused-ring (bicyclic) bond motifs is 2. The highest BCUT2D eigenvalue weighted by molar-refractivity contribution is 9.09. The summed E-state index contributed by atoms with van der Waals surface area (Å²) in [5.41, 5.74) is 0.817. The predicted octanol–water partition coefficient (Wildman–Crippen LogP) is 5.07. The first-order valence-electron chi connectivity index (χ1n) is 8.30. The van der Waals surface area contributed by atoms with E-state index >= 15 is 0 Å². The van der Waals surface area contributed by atoms with Crippen molar-refractivity contribution in [3.8, 4) is 5.75 Å². The van der Waals surface area contributed by atoms with Crippen LogP contribution in [0.25, 0.3) is 22.1 Å². The van der Waals surface area contributed by atoms with Crippen molar-refractivity contribution in [3.05, 3.63) is 46.8 Å². The van der Waals surface area contributed by atoms with Gasteiger partial charge in [-0.25, -0.2) is 4.98 Å². The van der Waals surface area contributed by atoms with Crippen LogP contribution in [-0.2, 0) is 0 Å². The van der Waals surface area contributed by atoms with Crippen LogP contribution in [0.4, 0.5) is 0 Å². The molecule has 0 spiro atoms. The van der Waals surface area contributed by atoms with Crippen LogP contribution in [0.15, 0.2) is 45.7 Å². The van der Waals surface area contributed by atoms with E-state index in [1.807, 2.05) is 6.07 Å². The van der Waals surface area contributed by atoms with Gasteiger partial charge in [-0.3, -0.25) is 4.79 Å². The molecule has 126 valence electrons. The van der Waals surface area contributed by atoms with Gasteiger partial charge < -0.3 is 9.15 Å². The quantitative estimate of drug-likeness (QED) is 0.306. The molecule has 0 aliphatic carbocycles. The first-order valence-corrected chi connectivity index (χ1v) is 9.42. The summed E-state index contributed by atoms with van der Waals surface area (Å²) < 4.78 is 11.5. The van der Waals surface area contributed by atoms with Gasteiger partial charge in [0, 0.05) is 17.6 Å². The number of ether oxygens (including phenoxy) is 1. The molecule has 2 heterocycles. The molecule has 24 heavy (non-hydrogen) atoms. The van der Waals surface area contributed by atoms with E-state index in [1.54, 1.807) is 30.5 Å². The van der Waals surface area contributed by atoms with Gasteiger partial charge in [0.15, 0.2) is 0 Å². The Kier molecular flexibility index (Phi) is 5.86. The number of hydrogen-bond donors (Lipinski definition) is 0. The van der Waals surface area contributed by atoms with E-state index in [0.29, 0.717) is 28.7 Å². The molecule has 0 bridgehead atoms. The molecule has 0 amide bonds. The molecule has 3 aromatic rings. The summed E-state index contributed by atoms with van der Waals surface area (Å²) >= 11 is 3.44. The minimum absolute atomic E-state index is 0.0577. The topological polar surface area (TPSA) is 52.3 Å². The fourth-order valence-corrected chi connectivity index (χ4v) is 3.07. The van der Waals surface area contributed by atoms with E-state index in [1.165, 1.54) is 25.7 Å². The number of benzene rings is 1. The Morgan fingerprint density at radius 2 is 1.88 bits per heavy atom. The Labute approximate surface area is 149 Å². The molecule has 0 saturated heterocycles. The zero-order chi connectivity index (χ0) is 16.8. The van der Waals surface area contributed by atoms with Crippen molar-refractivity contribution in [1.29, 1.82) is 0 Å². The minimum atomic E-state index is -0.0577. The lowest BCUT2D eigenvalue weighted by molar-refractivity contribution is 0.304. The molecule has 0 aliphatic heterocycles. The predicted molar refractivity (Wildman–Crippen MR) is 100 cm³/mol. The zero-order valence-electron chi connectivity index (χ0n) is 13.5. The van der Waals surface area contributed by atoms with Crippen LogP contribution in [-0.4, -0.2) is 16.9 Å². The standard InChI is InChI=1S/C19H20BrNO3/c20-10-4-2-1-3-5-12-23-14-8-9-15-17(13-14)24-19-16(18(15)22)7-6-11-21-19/h6-9,11,13H,1-5,10,12H2. The lowest BCUT2D eigenvalue weighted by atomic mass is 10.1. The molecule has 0 fully saturated rings. The molecule has 0 saturated carbocycles. The smallest absolute Gasteiger partial charge is 0.230 e. The number of halogens is 1. The highest BCUT2D eigenvalue weighted by Gasteiger charge is 2.09. The lowest BCUT2D eigenvalue weighted by Crippen LogP contribution is -2.03. The summed E-state index contributed by atoms with van der Waals surface area (Å²) in [6.07, 6.45) is 7.54. The van der Waals surface area contributed by atoms with Gasteiger partial charge in [0.25, 0.3) is 0 Å². The molecule has 2 aromatic heterocycles. The van der Waals surface area contributed by atoms with Gasteiger partial charge in [0.1, 0.15) is 11.3 Å². The normalized spacial score (nSPS) is 11.2. The van der Waals surface area contributed by atoms with E-state index in [0.717, 1.165) is 17.5 Å². The number of nitrogens with zero attached hydrogens (tertiary/aromatic N) is 1. The molecular formula is C19H20BrNO3. The average molecular weight is 390 g/mol. The van der Waals surface area contributed by atoms with Crippen molar-refractivity contribution in [2.75, 3.05) is 11.9 Å². The average Bonchev–Trinajstić information content (AvgIpc) is 2.61. The SMILES string of the molecule is O=c1c2ccc(OCCCCCCCBr)cc2oc2ncccc12. The van der Waals surface area contributed by atoms with Gasteiger partial charge in [-0.2, -0.15) is 0 Å². The van der Waals surface area contributed by atoms with Crippen molar-refractivity contribution in [1.82, 2.24) is 4.98 Å². The monoisotopic (exact) mass is 389 g/mol. The summed E-state index contributed by atoms with van der Waals surface area (Å²) in [4.78, 5) is 16.6. The van der Waals surface area contributed by atoms with Crippen molar-refractivity contribution in [2.45, 2.75) is 32.1 Å². The molecule has 1 aromatic carbocycles. The molecule has 0 unspecified atom stereocenters. The van der Waals surface area contributed by atoms with Crippen LogP contribution in [0.5, 0.6) is 5.75 Å². The van der Waals surface area contributed by atoms with Gasteiger partial charge in [0.2, 0.25) is 11.1 Å². The number of alkyl halides is 1. The second-order valence-corrected chi connectivity index (χ2v) is 6.54. The minimum Gasteiger partial charge on any atom is -0.493 e. The van der Waals surface area contributed by atoms with Crippen molar-refractivity contribution in [3.63, 3.8) is 0 Å². The highest BCUT2D eigenvalue weighted by Crippen LogP contribution is 2.22. The molecule has 0 N–H and O–H groups in total. The maximum atomic E-state index is 12.4. The fraction of sp³-hybridized carbons (Fsp3) is 0.368. The summed E-state index contributed by atoms with van der Waals surface area (Å²) in [5, 5.41) is 2.13. The van der Waals surface area contributed by atoms with Crippen molar-refractivity contribution < 1.29 is 9.15 Å². The van der Waals surface area contributed by atoms with E-state index in [-0.39, 0.29) is 5.43 Å². The van der Waals surface area contributed by atoms with Crippen LogP contribution in [0, 0.1) is 0 Å². The van der Waals surface area contributed by atoms with Crippen LogP contribution < -0.4 is 10.2 Å². The molecule has 0 atom stereocenters. The Bertz CT molecular complexity index is 875. The highest BCUT2D eigenvalue weighted by atomic mass is 79.9. The summed E-state index contributed by atoms with van der Waals surface area (Å²) in [5.74, 6) is 0.724. The summed E-state index contributed by atoms with van der Waals surface area (Å²) in [6.45, 7) is 0.676. The maximum absolute atomic E-state index is 12.4. The van der Waals surface area contributed by atoms with E-state index in [2.05, 4.69) is 20.9 Å². The Morgan fingerprint density at radius 3 is 2.75 bits per heavy atom. The number of rotatable bonds is 8. The lowest BCUT2D eigenvalue weighted by Gasteiger charge is -2.07. The zero-order valence-corrected chi connectivity index (χ0v) is 15.0. The summed E-state index contributed by atoms with van der Waals surface area (Å²) in [6, 6.07) is 8.83. The Balaban J connectivity index is 1.68.